The maximum Gasteiger partial charge on any atom is 0.338 e. The Morgan fingerprint density at radius 2 is 1.62 bits per heavy atom. The van der Waals surface area contributed by atoms with Crippen LogP contribution in [-0.2, 0) is 4.74 Å². The SMILES string of the molecule is CC(C)CCCC(C)C1CCC2C3CC=C4CC(OC(=O)c5ccc(NC(=O)c6cc(N)cc(N)c6)cc5)CCC4(C)C3CCC12C. The van der Waals surface area contributed by atoms with Gasteiger partial charge in [-0.25, -0.2) is 4.79 Å². The van der Waals surface area contributed by atoms with Crippen molar-refractivity contribution in [2.75, 3.05) is 16.8 Å². The molecule has 6 nitrogen and oxygen atoms in total. The molecule has 0 saturated heterocycles. The molecule has 1 amide bonds. The van der Waals surface area contributed by atoms with E-state index in [4.69, 9.17) is 16.2 Å². The van der Waals surface area contributed by atoms with Crippen LogP contribution >= 0.6 is 0 Å². The standard InChI is InChI=1S/C41H57N3O3/c1-25(2)7-6-8-26(3)35-15-16-36-34-14-11-29-23-33(17-19-40(29,4)37(34)18-20-41(35,36)5)47-39(46)27-9-12-32(13-10-27)44-38(45)28-21-30(42)24-31(43)22-28/h9-13,21-22,24-26,33-37H,6-8,14-20,23,42-43H2,1-5H3,(H,44,45). The smallest absolute Gasteiger partial charge is 0.338 e. The summed E-state index contributed by atoms with van der Waals surface area (Å²) in [6.07, 6.45) is 16.2. The quantitative estimate of drug-likeness (QED) is 0.144. The first-order valence-corrected chi connectivity index (χ1v) is 18.4. The Kier molecular flexibility index (Phi) is 9.53. The molecule has 0 bridgehead atoms. The summed E-state index contributed by atoms with van der Waals surface area (Å²) in [5.41, 5.74) is 16.2. The van der Waals surface area contributed by atoms with Gasteiger partial charge < -0.3 is 21.5 Å². The second kappa shape index (κ2) is 13.3. The Hall–Kier alpha value is -3.28. The lowest BCUT2D eigenvalue weighted by Gasteiger charge is -2.58. The molecule has 3 fully saturated rings. The molecule has 4 aliphatic rings. The van der Waals surface area contributed by atoms with Crippen LogP contribution in [0.25, 0.3) is 0 Å². The van der Waals surface area contributed by atoms with E-state index in [1.54, 1.807) is 42.5 Å². The number of nitrogens with one attached hydrogen (secondary N) is 1. The average molecular weight is 640 g/mol. The lowest BCUT2D eigenvalue weighted by Crippen LogP contribution is -2.51. The van der Waals surface area contributed by atoms with E-state index in [-0.39, 0.29) is 23.4 Å². The fourth-order valence-electron chi connectivity index (χ4n) is 10.7. The predicted molar refractivity (Wildman–Crippen MR) is 192 cm³/mol. The number of allylic oxidation sites excluding steroid dienone is 1. The van der Waals surface area contributed by atoms with Crippen LogP contribution in [0.15, 0.2) is 54.1 Å². The molecular formula is C41H57N3O3. The molecule has 8 unspecified atom stereocenters. The zero-order valence-electron chi connectivity index (χ0n) is 29.3. The maximum atomic E-state index is 13.2. The van der Waals surface area contributed by atoms with Crippen LogP contribution in [0.4, 0.5) is 17.1 Å². The van der Waals surface area contributed by atoms with Crippen molar-refractivity contribution in [3.8, 4) is 0 Å². The van der Waals surface area contributed by atoms with Gasteiger partial charge in [-0.15, -0.1) is 0 Å². The molecule has 2 aromatic carbocycles. The highest BCUT2D eigenvalue weighted by Crippen LogP contribution is 2.67. The number of carbonyl (C=O) groups is 2. The third-order valence-corrected chi connectivity index (χ3v) is 13.2. The maximum absolute atomic E-state index is 13.2. The molecule has 4 aliphatic carbocycles. The van der Waals surface area contributed by atoms with Crippen molar-refractivity contribution >= 4 is 28.9 Å². The molecule has 5 N–H and O–H groups in total. The molecule has 0 radical (unpaired) electrons. The average Bonchev–Trinajstić information content (AvgIpc) is 3.38. The van der Waals surface area contributed by atoms with Gasteiger partial charge in [0.1, 0.15) is 6.10 Å². The molecule has 254 valence electrons. The number of amides is 1. The van der Waals surface area contributed by atoms with E-state index >= 15 is 0 Å². The molecule has 0 heterocycles. The van der Waals surface area contributed by atoms with Crippen LogP contribution in [0, 0.1) is 46.3 Å². The van der Waals surface area contributed by atoms with Gasteiger partial charge in [0.15, 0.2) is 0 Å². The second-order valence-corrected chi connectivity index (χ2v) is 16.5. The first-order chi connectivity index (χ1) is 22.4. The number of carbonyl (C=O) groups excluding carboxylic acids is 2. The van der Waals surface area contributed by atoms with E-state index in [2.05, 4.69) is 46.0 Å². The molecular weight excluding hydrogens is 582 g/mol. The summed E-state index contributed by atoms with van der Waals surface area (Å²) in [5, 5.41) is 2.84. The molecule has 0 spiro atoms. The van der Waals surface area contributed by atoms with Crippen molar-refractivity contribution in [3.63, 3.8) is 0 Å². The van der Waals surface area contributed by atoms with Gasteiger partial charge in [-0.05, 0) is 134 Å². The minimum atomic E-state index is -0.311. The number of benzene rings is 2. The van der Waals surface area contributed by atoms with Crippen LogP contribution in [0.2, 0.25) is 0 Å². The van der Waals surface area contributed by atoms with Gasteiger partial charge in [0.25, 0.3) is 5.91 Å². The number of nitrogen functional groups attached to an aromatic ring is 2. The van der Waals surface area contributed by atoms with Crippen LogP contribution in [0.5, 0.6) is 0 Å². The fourth-order valence-corrected chi connectivity index (χ4v) is 10.7. The van der Waals surface area contributed by atoms with Crippen molar-refractivity contribution in [1.29, 1.82) is 0 Å². The fraction of sp³-hybridized carbons (Fsp3) is 0.610. The van der Waals surface area contributed by atoms with Crippen LogP contribution < -0.4 is 16.8 Å². The predicted octanol–water partition coefficient (Wildman–Crippen LogP) is 9.67. The summed E-state index contributed by atoms with van der Waals surface area (Å²) in [6, 6.07) is 11.6. The highest BCUT2D eigenvalue weighted by Gasteiger charge is 2.59. The van der Waals surface area contributed by atoms with Gasteiger partial charge in [0, 0.05) is 29.0 Å². The molecule has 6 heteroatoms. The summed E-state index contributed by atoms with van der Waals surface area (Å²) in [7, 11) is 0. The van der Waals surface area contributed by atoms with Crippen LogP contribution in [0.1, 0.15) is 126 Å². The normalized spacial score (nSPS) is 32.0. The van der Waals surface area contributed by atoms with Gasteiger partial charge in [0.2, 0.25) is 0 Å². The number of fused-ring (bicyclic) bond motifs is 5. The van der Waals surface area contributed by atoms with E-state index in [1.807, 2.05) is 0 Å². The zero-order valence-corrected chi connectivity index (χ0v) is 29.3. The van der Waals surface area contributed by atoms with Crippen molar-refractivity contribution in [2.45, 2.75) is 111 Å². The summed E-state index contributed by atoms with van der Waals surface area (Å²) < 4.78 is 6.10. The Balaban J connectivity index is 1.05. The molecule has 3 saturated carbocycles. The van der Waals surface area contributed by atoms with Crippen molar-refractivity contribution in [1.82, 2.24) is 0 Å². The van der Waals surface area contributed by atoms with E-state index < -0.39 is 0 Å². The lowest BCUT2D eigenvalue weighted by atomic mass is 9.47. The number of hydrogen-bond donors (Lipinski definition) is 3. The summed E-state index contributed by atoms with van der Waals surface area (Å²) >= 11 is 0. The molecule has 0 aliphatic heterocycles. The number of ether oxygens (including phenoxy) is 1. The molecule has 6 rings (SSSR count). The van der Waals surface area contributed by atoms with E-state index in [0.717, 1.165) is 54.8 Å². The first kappa shape index (κ1) is 33.6. The third kappa shape index (κ3) is 6.71. The van der Waals surface area contributed by atoms with Crippen molar-refractivity contribution < 1.29 is 14.3 Å². The van der Waals surface area contributed by atoms with E-state index in [1.165, 1.54) is 56.9 Å². The molecule has 8 atom stereocenters. The van der Waals surface area contributed by atoms with E-state index in [9.17, 15) is 9.59 Å². The van der Waals surface area contributed by atoms with E-state index in [0.29, 0.717) is 33.6 Å². The minimum Gasteiger partial charge on any atom is -0.458 e. The number of rotatable bonds is 9. The lowest BCUT2D eigenvalue weighted by molar-refractivity contribution is -0.0594. The highest BCUT2D eigenvalue weighted by atomic mass is 16.5. The van der Waals surface area contributed by atoms with Crippen molar-refractivity contribution in [3.05, 3.63) is 65.2 Å². The Bertz CT molecular complexity index is 1480. The number of hydrogen-bond acceptors (Lipinski definition) is 5. The summed E-state index contributed by atoms with van der Waals surface area (Å²) in [4.78, 5) is 25.9. The number of esters is 1. The van der Waals surface area contributed by atoms with Gasteiger partial charge >= 0.3 is 5.97 Å². The first-order valence-electron chi connectivity index (χ1n) is 18.4. The second-order valence-electron chi connectivity index (χ2n) is 16.5. The van der Waals surface area contributed by atoms with Gasteiger partial charge in [-0.1, -0.05) is 65.5 Å². The zero-order chi connectivity index (χ0) is 33.5. The topological polar surface area (TPSA) is 107 Å². The number of anilines is 3. The largest absolute Gasteiger partial charge is 0.458 e. The molecule has 47 heavy (non-hydrogen) atoms. The monoisotopic (exact) mass is 639 g/mol. The van der Waals surface area contributed by atoms with Gasteiger partial charge in [0.05, 0.1) is 5.56 Å². The number of nitrogens with two attached hydrogens (primary N) is 2. The van der Waals surface area contributed by atoms with Crippen LogP contribution in [-0.4, -0.2) is 18.0 Å². The third-order valence-electron chi connectivity index (χ3n) is 13.2. The summed E-state index contributed by atoms with van der Waals surface area (Å²) in [6.45, 7) is 12.5. The Labute approximate surface area is 282 Å². The molecule has 2 aromatic rings. The van der Waals surface area contributed by atoms with Crippen molar-refractivity contribution in [2.24, 2.45) is 46.3 Å². The van der Waals surface area contributed by atoms with Crippen LogP contribution in [0.3, 0.4) is 0 Å². The summed E-state index contributed by atoms with van der Waals surface area (Å²) in [5.74, 6) is 4.30. The Morgan fingerprint density at radius 1 is 0.894 bits per heavy atom. The highest BCUT2D eigenvalue weighted by molar-refractivity contribution is 6.05. The van der Waals surface area contributed by atoms with Gasteiger partial charge in [-0.2, -0.15) is 0 Å². The molecule has 0 aromatic heterocycles. The Morgan fingerprint density at radius 3 is 2.32 bits per heavy atom. The minimum absolute atomic E-state index is 0.0943. The van der Waals surface area contributed by atoms with Gasteiger partial charge in [-0.3, -0.25) is 4.79 Å².